The predicted molar refractivity (Wildman–Crippen MR) is 64.7 cm³/mol. The van der Waals surface area contributed by atoms with Crippen molar-refractivity contribution >= 4 is 0 Å². The van der Waals surface area contributed by atoms with Crippen LogP contribution < -0.4 is 4.74 Å². The molecule has 1 atom stereocenters. The molecule has 3 nitrogen and oxygen atoms in total. The van der Waals surface area contributed by atoms with Gasteiger partial charge in [-0.2, -0.15) is 0 Å². The number of aromatic nitrogens is 1. The fourth-order valence-corrected chi connectivity index (χ4v) is 2.48. The molecule has 0 aliphatic carbocycles. The molecule has 2 heterocycles. The molecular weight excluding hydrogens is 200 g/mol. The Balaban J connectivity index is 2.22. The monoisotopic (exact) mass is 220 g/mol. The molecule has 1 aromatic heterocycles. The van der Waals surface area contributed by atoms with Crippen LogP contribution in [0.2, 0.25) is 0 Å². The van der Waals surface area contributed by atoms with Crippen LogP contribution in [0.3, 0.4) is 0 Å². The van der Waals surface area contributed by atoms with Crippen molar-refractivity contribution in [3.8, 4) is 5.88 Å². The first-order valence-electron chi connectivity index (χ1n) is 5.93. The zero-order valence-corrected chi connectivity index (χ0v) is 10.4. The lowest BCUT2D eigenvalue weighted by Gasteiger charge is -2.32. The van der Waals surface area contributed by atoms with Crippen LogP contribution in [0.25, 0.3) is 0 Å². The molecule has 0 spiro atoms. The summed E-state index contributed by atoms with van der Waals surface area (Å²) in [6, 6.07) is 2.74. The smallest absolute Gasteiger partial charge is 0.215 e. The highest BCUT2D eigenvalue weighted by Gasteiger charge is 2.21. The van der Waals surface area contributed by atoms with E-state index in [4.69, 9.17) is 4.74 Å². The SMILES string of the molecule is COc1ncc([C@H]2CCCCN2C)cc1C. The van der Waals surface area contributed by atoms with Gasteiger partial charge in [0.15, 0.2) is 0 Å². The number of rotatable bonds is 2. The highest BCUT2D eigenvalue weighted by Crippen LogP contribution is 2.30. The van der Waals surface area contributed by atoms with Gasteiger partial charge in [-0.25, -0.2) is 4.98 Å². The Hall–Kier alpha value is -1.09. The summed E-state index contributed by atoms with van der Waals surface area (Å²) < 4.78 is 5.19. The first-order valence-corrected chi connectivity index (χ1v) is 5.93. The van der Waals surface area contributed by atoms with Crippen molar-refractivity contribution in [2.75, 3.05) is 20.7 Å². The van der Waals surface area contributed by atoms with E-state index in [-0.39, 0.29) is 0 Å². The Morgan fingerprint density at radius 3 is 2.88 bits per heavy atom. The maximum Gasteiger partial charge on any atom is 0.215 e. The van der Waals surface area contributed by atoms with Crippen LogP contribution in [-0.2, 0) is 0 Å². The first kappa shape index (κ1) is 11.4. The normalized spacial score (nSPS) is 22.1. The lowest BCUT2D eigenvalue weighted by atomic mass is 9.96. The number of pyridine rings is 1. The van der Waals surface area contributed by atoms with Crippen LogP contribution in [0.15, 0.2) is 12.3 Å². The van der Waals surface area contributed by atoms with Gasteiger partial charge in [-0.3, -0.25) is 4.90 Å². The Kier molecular flexibility index (Phi) is 3.44. The lowest BCUT2D eigenvalue weighted by molar-refractivity contribution is 0.187. The van der Waals surface area contributed by atoms with E-state index in [1.807, 2.05) is 6.20 Å². The average Bonchev–Trinajstić information content (AvgIpc) is 2.29. The minimum absolute atomic E-state index is 0.533. The van der Waals surface area contributed by atoms with Crippen molar-refractivity contribution in [2.45, 2.75) is 32.2 Å². The van der Waals surface area contributed by atoms with Crippen LogP contribution in [0.1, 0.15) is 36.4 Å². The number of piperidine rings is 1. The predicted octanol–water partition coefficient (Wildman–Crippen LogP) is 2.56. The van der Waals surface area contributed by atoms with Crippen LogP contribution in [-0.4, -0.2) is 30.6 Å². The molecule has 0 saturated carbocycles. The van der Waals surface area contributed by atoms with Crippen LogP contribution in [0, 0.1) is 6.92 Å². The van der Waals surface area contributed by atoms with E-state index in [0.717, 1.165) is 11.4 Å². The largest absolute Gasteiger partial charge is 0.481 e. The van der Waals surface area contributed by atoms with Gasteiger partial charge in [0, 0.05) is 17.8 Å². The summed E-state index contributed by atoms with van der Waals surface area (Å²) in [5.74, 6) is 0.738. The Labute approximate surface area is 97.4 Å². The van der Waals surface area contributed by atoms with Gasteiger partial charge in [-0.1, -0.05) is 6.42 Å². The molecule has 0 unspecified atom stereocenters. The summed E-state index contributed by atoms with van der Waals surface area (Å²) in [6.07, 6.45) is 5.83. The third-order valence-electron chi connectivity index (χ3n) is 3.40. The Bertz CT molecular complexity index is 365. The van der Waals surface area contributed by atoms with Crippen molar-refractivity contribution in [3.63, 3.8) is 0 Å². The topological polar surface area (TPSA) is 25.4 Å². The third-order valence-corrected chi connectivity index (χ3v) is 3.40. The van der Waals surface area contributed by atoms with Crippen molar-refractivity contribution in [3.05, 3.63) is 23.4 Å². The quantitative estimate of drug-likeness (QED) is 0.766. The average molecular weight is 220 g/mol. The highest BCUT2D eigenvalue weighted by molar-refractivity contribution is 5.30. The summed E-state index contributed by atoms with van der Waals surface area (Å²) in [6.45, 7) is 3.24. The molecule has 2 rings (SSSR count). The van der Waals surface area contributed by atoms with Gasteiger partial charge in [-0.15, -0.1) is 0 Å². The molecule has 88 valence electrons. The van der Waals surface area contributed by atoms with Crippen molar-refractivity contribution in [1.82, 2.24) is 9.88 Å². The molecule has 0 bridgehead atoms. The fraction of sp³-hybridized carbons (Fsp3) is 0.615. The second-order valence-electron chi connectivity index (χ2n) is 4.59. The molecule has 3 heteroatoms. The van der Waals surface area contributed by atoms with Crippen molar-refractivity contribution in [1.29, 1.82) is 0 Å². The molecular formula is C13H20N2O. The number of likely N-dealkylation sites (tertiary alicyclic amines) is 1. The molecule has 1 fully saturated rings. The number of nitrogens with zero attached hydrogens (tertiary/aromatic N) is 2. The van der Waals surface area contributed by atoms with Gasteiger partial charge in [0.2, 0.25) is 5.88 Å². The maximum atomic E-state index is 5.19. The second-order valence-corrected chi connectivity index (χ2v) is 4.59. The van der Waals surface area contributed by atoms with Gasteiger partial charge >= 0.3 is 0 Å². The van der Waals surface area contributed by atoms with E-state index in [2.05, 4.69) is 29.9 Å². The minimum atomic E-state index is 0.533. The van der Waals surface area contributed by atoms with E-state index >= 15 is 0 Å². The van der Waals surface area contributed by atoms with E-state index < -0.39 is 0 Å². The molecule has 0 amide bonds. The first-order chi connectivity index (χ1) is 7.72. The number of hydrogen-bond acceptors (Lipinski definition) is 3. The van der Waals surface area contributed by atoms with Crippen LogP contribution >= 0.6 is 0 Å². The van der Waals surface area contributed by atoms with E-state index in [1.165, 1.54) is 31.4 Å². The molecule has 0 N–H and O–H groups in total. The van der Waals surface area contributed by atoms with Gasteiger partial charge < -0.3 is 4.74 Å². The highest BCUT2D eigenvalue weighted by atomic mass is 16.5. The molecule has 1 aliphatic rings. The number of hydrogen-bond donors (Lipinski definition) is 0. The standard InChI is InChI=1S/C13H20N2O/c1-10-8-11(9-14-13(10)16-3)12-6-4-5-7-15(12)2/h8-9,12H,4-7H2,1-3H3/t12-/m1/s1. The summed E-state index contributed by atoms with van der Waals surface area (Å²) in [5.41, 5.74) is 2.44. The Morgan fingerprint density at radius 2 is 2.25 bits per heavy atom. The van der Waals surface area contributed by atoms with Crippen LogP contribution in [0.4, 0.5) is 0 Å². The molecule has 1 aliphatic heterocycles. The summed E-state index contributed by atoms with van der Waals surface area (Å²) >= 11 is 0. The van der Waals surface area contributed by atoms with E-state index in [0.29, 0.717) is 6.04 Å². The number of aryl methyl sites for hydroxylation is 1. The van der Waals surface area contributed by atoms with Gasteiger partial charge in [0.25, 0.3) is 0 Å². The van der Waals surface area contributed by atoms with E-state index in [9.17, 15) is 0 Å². The molecule has 1 aromatic rings. The van der Waals surface area contributed by atoms with Crippen molar-refractivity contribution < 1.29 is 4.74 Å². The molecule has 0 radical (unpaired) electrons. The third kappa shape index (κ3) is 2.19. The number of methoxy groups -OCH3 is 1. The van der Waals surface area contributed by atoms with Crippen molar-refractivity contribution in [2.24, 2.45) is 0 Å². The second kappa shape index (κ2) is 4.83. The minimum Gasteiger partial charge on any atom is -0.481 e. The molecule has 1 saturated heterocycles. The summed E-state index contributed by atoms with van der Waals surface area (Å²) in [4.78, 5) is 6.78. The molecule has 16 heavy (non-hydrogen) atoms. The van der Waals surface area contributed by atoms with Gasteiger partial charge in [0.05, 0.1) is 7.11 Å². The Morgan fingerprint density at radius 1 is 1.44 bits per heavy atom. The zero-order chi connectivity index (χ0) is 11.5. The van der Waals surface area contributed by atoms with Gasteiger partial charge in [0.1, 0.15) is 0 Å². The van der Waals surface area contributed by atoms with Crippen LogP contribution in [0.5, 0.6) is 5.88 Å². The fourth-order valence-electron chi connectivity index (χ4n) is 2.48. The number of ether oxygens (including phenoxy) is 1. The summed E-state index contributed by atoms with van der Waals surface area (Å²) in [5, 5.41) is 0. The zero-order valence-electron chi connectivity index (χ0n) is 10.4. The van der Waals surface area contributed by atoms with Gasteiger partial charge in [-0.05, 0) is 45.0 Å². The summed E-state index contributed by atoms with van der Waals surface area (Å²) in [7, 11) is 3.87. The molecule has 0 aromatic carbocycles. The maximum absolute atomic E-state index is 5.19. The van der Waals surface area contributed by atoms with E-state index in [1.54, 1.807) is 7.11 Å². The lowest BCUT2D eigenvalue weighted by Crippen LogP contribution is -2.29.